The predicted octanol–water partition coefficient (Wildman–Crippen LogP) is 2.69. The lowest BCUT2D eigenvalue weighted by Gasteiger charge is -2.17. The van der Waals surface area contributed by atoms with Crippen LogP contribution in [0.15, 0.2) is 66.6 Å². The molecule has 0 saturated carbocycles. The van der Waals surface area contributed by atoms with E-state index >= 15 is 0 Å². The maximum absolute atomic E-state index is 12.6. The molecule has 1 atom stereocenters. The Labute approximate surface area is 144 Å². The van der Waals surface area contributed by atoms with Crippen LogP contribution in [0.4, 0.5) is 0 Å². The van der Waals surface area contributed by atoms with E-state index in [4.69, 9.17) is 0 Å². The minimum absolute atomic E-state index is 0.0460. The standard InChI is InChI=1S/C18H18N4OS/c23-18(22-13-15-3-1-7-20-11-15)17(16-4-2-10-24-16)21-12-14-5-8-19-9-6-14/h1-11,17,21H,12-13H2,(H,22,23). The molecule has 3 aromatic heterocycles. The fourth-order valence-corrected chi connectivity index (χ4v) is 3.09. The number of carbonyl (C=O) groups excluding carboxylic acids is 1. The van der Waals surface area contributed by atoms with E-state index in [1.807, 2.05) is 41.8 Å². The fourth-order valence-electron chi connectivity index (χ4n) is 2.29. The molecule has 0 aromatic carbocycles. The zero-order chi connectivity index (χ0) is 16.6. The van der Waals surface area contributed by atoms with Gasteiger partial charge in [-0.3, -0.25) is 20.1 Å². The second-order valence-electron chi connectivity index (χ2n) is 5.26. The van der Waals surface area contributed by atoms with Gasteiger partial charge in [-0.25, -0.2) is 0 Å². The highest BCUT2D eigenvalue weighted by molar-refractivity contribution is 7.10. The normalized spacial score (nSPS) is 11.8. The summed E-state index contributed by atoms with van der Waals surface area (Å²) in [4.78, 5) is 21.7. The summed E-state index contributed by atoms with van der Waals surface area (Å²) in [6.45, 7) is 1.07. The highest BCUT2D eigenvalue weighted by Gasteiger charge is 2.20. The van der Waals surface area contributed by atoms with E-state index in [0.29, 0.717) is 13.1 Å². The lowest BCUT2D eigenvalue weighted by molar-refractivity contribution is -0.123. The number of thiophene rings is 1. The summed E-state index contributed by atoms with van der Waals surface area (Å²) in [5.74, 6) is -0.0460. The Hall–Kier alpha value is -2.57. The van der Waals surface area contributed by atoms with Crippen molar-refractivity contribution in [3.8, 4) is 0 Å². The third kappa shape index (κ3) is 4.47. The summed E-state index contributed by atoms with van der Waals surface area (Å²) in [6.07, 6.45) is 6.97. The molecule has 5 nitrogen and oxygen atoms in total. The van der Waals surface area contributed by atoms with Crippen molar-refractivity contribution in [1.29, 1.82) is 0 Å². The quantitative estimate of drug-likeness (QED) is 0.695. The number of rotatable bonds is 7. The molecule has 24 heavy (non-hydrogen) atoms. The summed E-state index contributed by atoms with van der Waals surface area (Å²) in [5, 5.41) is 8.28. The highest BCUT2D eigenvalue weighted by atomic mass is 32.1. The van der Waals surface area contributed by atoms with Crippen LogP contribution < -0.4 is 10.6 Å². The van der Waals surface area contributed by atoms with Crippen molar-refractivity contribution in [3.63, 3.8) is 0 Å². The summed E-state index contributed by atoms with van der Waals surface area (Å²) in [6, 6.07) is 11.2. The van der Waals surface area contributed by atoms with Gasteiger partial charge in [0.1, 0.15) is 6.04 Å². The largest absolute Gasteiger partial charge is 0.350 e. The minimum atomic E-state index is -0.380. The Morgan fingerprint density at radius 2 is 1.88 bits per heavy atom. The van der Waals surface area contributed by atoms with Gasteiger partial charge in [-0.2, -0.15) is 0 Å². The van der Waals surface area contributed by atoms with Gasteiger partial charge in [0.15, 0.2) is 0 Å². The number of nitrogens with one attached hydrogen (secondary N) is 2. The Morgan fingerprint density at radius 3 is 2.58 bits per heavy atom. The van der Waals surface area contributed by atoms with Crippen molar-refractivity contribution in [3.05, 3.63) is 82.6 Å². The van der Waals surface area contributed by atoms with E-state index in [1.54, 1.807) is 36.1 Å². The summed E-state index contributed by atoms with van der Waals surface area (Å²) >= 11 is 1.57. The average molecular weight is 338 g/mol. The maximum Gasteiger partial charge on any atom is 0.242 e. The second-order valence-corrected chi connectivity index (χ2v) is 6.24. The number of amides is 1. The molecule has 2 N–H and O–H groups in total. The molecule has 0 saturated heterocycles. The molecule has 122 valence electrons. The molecule has 0 spiro atoms. The van der Waals surface area contributed by atoms with Crippen LogP contribution in [0.2, 0.25) is 0 Å². The van der Waals surface area contributed by atoms with E-state index < -0.39 is 0 Å². The van der Waals surface area contributed by atoms with Gasteiger partial charge in [0.25, 0.3) is 0 Å². The van der Waals surface area contributed by atoms with E-state index in [2.05, 4.69) is 20.6 Å². The molecule has 1 unspecified atom stereocenters. The first-order chi connectivity index (χ1) is 11.8. The van der Waals surface area contributed by atoms with Crippen LogP contribution in [-0.4, -0.2) is 15.9 Å². The van der Waals surface area contributed by atoms with Gasteiger partial charge < -0.3 is 5.32 Å². The first-order valence-corrected chi connectivity index (χ1v) is 8.53. The Bertz CT molecular complexity index is 747. The van der Waals surface area contributed by atoms with Crippen LogP contribution in [0.25, 0.3) is 0 Å². The zero-order valence-corrected chi connectivity index (χ0v) is 13.9. The molecule has 1 amide bonds. The molecule has 0 fully saturated rings. The van der Waals surface area contributed by atoms with Gasteiger partial charge in [0.05, 0.1) is 0 Å². The average Bonchev–Trinajstić information content (AvgIpc) is 3.16. The minimum Gasteiger partial charge on any atom is -0.350 e. The first-order valence-electron chi connectivity index (χ1n) is 7.65. The van der Waals surface area contributed by atoms with Gasteiger partial charge in [-0.1, -0.05) is 12.1 Å². The molecular weight excluding hydrogens is 320 g/mol. The molecular formula is C18H18N4OS. The number of hydrogen-bond acceptors (Lipinski definition) is 5. The third-order valence-electron chi connectivity index (χ3n) is 3.54. The van der Waals surface area contributed by atoms with Gasteiger partial charge in [0, 0.05) is 42.8 Å². The van der Waals surface area contributed by atoms with Crippen molar-refractivity contribution in [2.75, 3.05) is 0 Å². The third-order valence-corrected chi connectivity index (χ3v) is 4.48. The number of aromatic nitrogens is 2. The maximum atomic E-state index is 12.6. The number of hydrogen-bond donors (Lipinski definition) is 2. The zero-order valence-electron chi connectivity index (χ0n) is 13.1. The highest BCUT2D eigenvalue weighted by Crippen LogP contribution is 2.20. The smallest absolute Gasteiger partial charge is 0.242 e. The van der Waals surface area contributed by atoms with E-state index in [-0.39, 0.29) is 11.9 Å². The Kier molecular flexibility index (Phi) is 5.65. The Balaban J connectivity index is 1.64. The summed E-state index contributed by atoms with van der Waals surface area (Å²) in [5.41, 5.74) is 2.07. The summed E-state index contributed by atoms with van der Waals surface area (Å²) < 4.78 is 0. The molecule has 0 aliphatic heterocycles. The van der Waals surface area contributed by atoms with Crippen LogP contribution in [0, 0.1) is 0 Å². The molecule has 3 heterocycles. The number of pyridine rings is 2. The number of carbonyl (C=O) groups is 1. The predicted molar refractivity (Wildman–Crippen MR) is 94.2 cm³/mol. The van der Waals surface area contributed by atoms with Gasteiger partial charge in [-0.15, -0.1) is 11.3 Å². The van der Waals surface area contributed by atoms with Crippen molar-refractivity contribution in [2.24, 2.45) is 0 Å². The molecule has 3 aromatic rings. The van der Waals surface area contributed by atoms with Crippen LogP contribution >= 0.6 is 11.3 Å². The van der Waals surface area contributed by atoms with Crippen LogP contribution in [0.3, 0.4) is 0 Å². The van der Waals surface area contributed by atoms with Gasteiger partial charge in [-0.05, 0) is 40.8 Å². The van der Waals surface area contributed by atoms with Crippen molar-refractivity contribution < 1.29 is 4.79 Å². The van der Waals surface area contributed by atoms with E-state index in [1.165, 1.54) is 0 Å². The molecule has 3 rings (SSSR count). The molecule has 0 aliphatic rings. The van der Waals surface area contributed by atoms with Crippen molar-refractivity contribution in [2.45, 2.75) is 19.1 Å². The van der Waals surface area contributed by atoms with Crippen LogP contribution in [-0.2, 0) is 17.9 Å². The SMILES string of the molecule is O=C(NCc1cccnc1)C(NCc1ccncc1)c1cccs1. The topological polar surface area (TPSA) is 66.9 Å². The fraction of sp³-hybridized carbons (Fsp3) is 0.167. The van der Waals surface area contributed by atoms with E-state index in [0.717, 1.165) is 16.0 Å². The molecule has 0 radical (unpaired) electrons. The van der Waals surface area contributed by atoms with Crippen molar-refractivity contribution >= 4 is 17.2 Å². The Morgan fingerprint density at radius 1 is 1.00 bits per heavy atom. The lowest BCUT2D eigenvalue weighted by Crippen LogP contribution is -2.36. The van der Waals surface area contributed by atoms with Gasteiger partial charge in [0.2, 0.25) is 5.91 Å². The molecule has 0 aliphatic carbocycles. The van der Waals surface area contributed by atoms with Crippen LogP contribution in [0.5, 0.6) is 0 Å². The molecule has 0 bridgehead atoms. The van der Waals surface area contributed by atoms with Crippen molar-refractivity contribution in [1.82, 2.24) is 20.6 Å². The first kappa shape index (κ1) is 16.3. The van der Waals surface area contributed by atoms with Gasteiger partial charge >= 0.3 is 0 Å². The second kappa shape index (κ2) is 8.33. The van der Waals surface area contributed by atoms with E-state index in [9.17, 15) is 4.79 Å². The summed E-state index contributed by atoms with van der Waals surface area (Å²) in [7, 11) is 0. The monoisotopic (exact) mass is 338 g/mol. The number of nitrogens with zero attached hydrogens (tertiary/aromatic N) is 2. The lowest BCUT2D eigenvalue weighted by atomic mass is 10.2. The molecule has 6 heteroatoms. The van der Waals surface area contributed by atoms with Crippen LogP contribution in [0.1, 0.15) is 22.0 Å².